The maximum atomic E-state index is 11.8. The first-order valence-corrected chi connectivity index (χ1v) is 9.98. The molecule has 0 amide bonds. The van der Waals surface area contributed by atoms with Crippen molar-refractivity contribution in [1.82, 2.24) is 0 Å². The number of anilines is 1. The Morgan fingerprint density at radius 2 is 1.48 bits per heavy atom. The molecular weight excluding hydrogens is 442 g/mol. The van der Waals surface area contributed by atoms with E-state index in [1.165, 1.54) is 19.1 Å². The molecule has 12 nitrogen and oxygen atoms in total. The summed E-state index contributed by atoms with van der Waals surface area (Å²) in [4.78, 5) is 46.7. The predicted molar refractivity (Wildman–Crippen MR) is 109 cm³/mol. The third-order valence-corrected chi connectivity index (χ3v) is 4.45. The van der Waals surface area contributed by atoms with E-state index >= 15 is 0 Å². The van der Waals surface area contributed by atoms with Crippen molar-refractivity contribution in [2.75, 3.05) is 12.3 Å². The van der Waals surface area contributed by atoms with Crippen LogP contribution in [0.3, 0.4) is 0 Å². The molecule has 182 valence electrons. The van der Waals surface area contributed by atoms with Crippen molar-refractivity contribution in [2.45, 2.75) is 65.0 Å². The second-order valence-corrected chi connectivity index (χ2v) is 7.22. The lowest BCUT2D eigenvalue weighted by Crippen LogP contribution is -2.63. The lowest BCUT2D eigenvalue weighted by atomic mass is 9.98. The van der Waals surface area contributed by atoms with Crippen LogP contribution in [0.2, 0.25) is 0 Å². The Kier molecular flexibility index (Phi) is 9.00. The molecule has 3 N–H and O–H groups in total. The molecule has 0 bridgehead atoms. The van der Waals surface area contributed by atoms with Gasteiger partial charge in [0.05, 0.1) is 12.3 Å². The van der Waals surface area contributed by atoms with Gasteiger partial charge < -0.3 is 39.3 Å². The zero-order chi connectivity index (χ0) is 24.7. The van der Waals surface area contributed by atoms with Crippen LogP contribution in [0.25, 0.3) is 0 Å². The normalized spacial score (nSPS) is 24.3. The Balaban J connectivity index is 2.47. The molecule has 1 aromatic carbocycles. The van der Waals surface area contributed by atoms with E-state index in [0.717, 1.165) is 20.8 Å². The van der Waals surface area contributed by atoms with Crippen LogP contribution in [0.5, 0.6) is 5.75 Å². The fraction of sp³-hybridized carbons (Fsp3) is 0.524. The molecule has 0 aliphatic carbocycles. The summed E-state index contributed by atoms with van der Waals surface area (Å²) in [5, 5.41) is 9.26. The highest BCUT2D eigenvalue weighted by molar-refractivity contribution is 5.68. The number of benzene rings is 1. The van der Waals surface area contributed by atoms with E-state index in [1.54, 1.807) is 6.07 Å². The third-order valence-electron chi connectivity index (χ3n) is 4.45. The molecule has 0 aromatic heterocycles. The number of carbonyl (C=O) groups is 4. The largest absolute Gasteiger partial charge is 0.463 e. The first kappa shape index (κ1) is 25.9. The van der Waals surface area contributed by atoms with Crippen LogP contribution in [0.1, 0.15) is 33.3 Å². The number of hydrogen-bond donors (Lipinski definition) is 2. The number of carbonyl (C=O) groups excluding carboxylic acids is 4. The average molecular weight is 469 g/mol. The van der Waals surface area contributed by atoms with E-state index in [0.29, 0.717) is 5.56 Å². The Morgan fingerprint density at radius 3 is 2.00 bits per heavy atom. The van der Waals surface area contributed by atoms with Crippen LogP contribution in [0, 0.1) is 0 Å². The van der Waals surface area contributed by atoms with E-state index in [4.69, 9.17) is 34.2 Å². The fourth-order valence-corrected chi connectivity index (χ4v) is 3.21. The molecule has 5 atom stereocenters. The van der Waals surface area contributed by atoms with Gasteiger partial charge in [-0.25, -0.2) is 0 Å². The molecule has 0 unspecified atom stereocenters. The molecule has 1 aliphatic rings. The monoisotopic (exact) mass is 469 g/mol. The van der Waals surface area contributed by atoms with Gasteiger partial charge in [0.1, 0.15) is 18.5 Å². The van der Waals surface area contributed by atoms with Crippen molar-refractivity contribution >= 4 is 29.6 Å². The molecule has 1 fully saturated rings. The maximum Gasteiger partial charge on any atom is 0.303 e. The molecule has 1 aromatic rings. The summed E-state index contributed by atoms with van der Waals surface area (Å²) >= 11 is 0. The van der Waals surface area contributed by atoms with Crippen molar-refractivity contribution in [2.24, 2.45) is 0 Å². The van der Waals surface area contributed by atoms with Gasteiger partial charge in [-0.15, -0.1) is 0 Å². The van der Waals surface area contributed by atoms with Crippen molar-refractivity contribution in [3.05, 3.63) is 23.8 Å². The van der Waals surface area contributed by atoms with Gasteiger partial charge in [-0.05, 0) is 17.7 Å². The number of esters is 4. The third kappa shape index (κ3) is 7.32. The van der Waals surface area contributed by atoms with Gasteiger partial charge in [0.15, 0.2) is 12.2 Å². The van der Waals surface area contributed by atoms with E-state index in [2.05, 4.69) is 0 Å². The smallest absolute Gasteiger partial charge is 0.303 e. The fourth-order valence-electron chi connectivity index (χ4n) is 3.21. The molecule has 12 heteroatoms. The van der Waals surface area contributed by atoms with Crippen molar-refractivity contribution in [1.29, 1.82) is 0 Å². The number of rotatable bonds is 8. The second-order valence-electron chi connectivity index (χ2n) is 7.22. The molecule has 33 heavy (non-hydrogen) atoms. The molecule has 2 rings (SSSR count). The van der Waals surface area contributed by atoms with Crippen molar-refractivity contribution in [3.8, 4) is 5.75 Å². The zero-order valence-corrected chi connectivity index (χ0v) is 18.6. The average Bonchev–Trinajstić information content (AvgIpc) is 2.71. The molecule has 0 saturated carbocycles. The number of aliphatic hydroxyl groups is 1. The SMILES string of the molecule is CC(=O)OC[C@H]1O[C@H](Oc2ccc(CO)cc2N)[C@@H](OC(C)=O)[C@@H](OC(C)=O)[C@@H]1OC(C)=O. The van der Waals surface area contributed by atoms with Gasteiger partial charge in [0.25, 0.3) is 0 Å². The zero-order valence-electron chi connectivity index (χ0n) is 18.6. The van der Waals surface area contributed by atoms with Crippen molar-refractivity contribution < 1.29 is 52.7 Å². The summed E-state index contributed by atoms with van der Waals surface area (Å²) in [6, 6.07) is 4.49. The van der Waals surface area contributed by atoms with Crippen LogP contribution in [0.15, 0.2) is 18.2 Å². The highest BCUT2D eigenvalue weighted by Crippen LogP contribution is 2.33. The maximum absolute atomic E-state index is 11.8. The number of ether oxygens (including phenoxy) is 6. The van der Waals surface area contributed by atoms with E-state index in [-0.39, 0.29) is 24.7 Å². The standard InChI is InChI=1S/C21H27NO11/c1-10(24)28-9-17-18(29-11(2)25)19(30-12(3)26)20(31-13(4)27)21(33-17)32-16-6-5-14(8-23)7-15(16)22/h5-7,17-21,23H,8-9,22H2,1-4H3/t17-,18-,19+,20+,21+/m1/s1. The van der Waals surface area contributed by atoms with Gasteiger partial charge in [0.2, 0.25) is 12.4 Å². The van der Waals surface area contributed by atoms with Crippen LogP contribution in [-0.2, 0) is 49.5 Å². The molecular formula is C21H27NO11. The van der Waals surface area contributed by atoms with Gasteiger partial charge in [-0.2, -0.15) is 0 Å². The predicted octanol–water partition coefficient (Wildman–Crippen LogP) is 0.223. The minimum absolute atomic E-state index is 0.119. The first-order valence-electron chi connectivity index (χ1n) is 9.98. The summed E-state index contributed by atoms with van der Waals surface area (Å²) in [6.07, 6.45) is -6.55. The highest BCUT2D eigenvalue weighted by atomic mass is 16.7. The highest BCUT2D eigenvalue weighted by Gasteiger charge is 2.53. The second kappa shape index (κ2) is 11.5. The van der Waals surface area contributed by atoms with Gasteiger partial charge in [0, 0.05) is 27.7 Å². The first-order chi connectivity index (χ1) is 15.5. The van der Waals surface area contributed by atoms with E-state index in [9.17, 15) is 24.3 Å². The minimum atomic E-state index is -1.40. The number of aliphatic hydroxyl groups excluding tert-OH is 1. The Labute approximate surface area is 189 Å². The lowest BCUT2D eigenvalue weighted by Gasteiger charge is -2.44. The van der Waals surface area contributed by atoms with E-state index < -0.39 is 54.6 Å². The Hall–Kier alpha value is -3.38. The molecule has 1 heterocycles. The Bertz CT molecular complexity index is 887. The van der Waals surface area contributed by atoms with Gasteiger partial charge in [-0.3, -0.25) is 19.2 Å². The Morgan fingerprint density at radius 1 is 0.909 bits per heavy atom. The summed E-state index contributed by atoms with van der Waals surface area (Å²) in [5.41, 5.74) is 6.66. The molecule has 1 saturated heterocycles. The van der Waals surface area contributed by atoms with Crippen LogP contribution >= 0.6 is 0 Å². The molecule has 1 aliphatic heterocycles. The summed E-state index contributed by atoms with van der Waals surface area (Å²) in [7, 11) is 0. The summed E-state index contributed by atoms with van der Waals surface area (Å²) in [6.45, 7) is 3.92. The van der Waals surface area contributed by atoms with Crippen LogP contribution in [0.4, 0.5) is 5.69 Å². The number of nitrogen functional groups attached to an aromatic ring is 1. The molecule has 0 radical (unpaired) electrons. The summed E-state index contributed by atoms with van der Waals surface area (Å²) in [5.74, 6) is -2.76. The van der Waals surface area contributed by atoms with Crippen LogP contribution < -0.4 is 10.5 Å². The number of hydrogen-bond acceptors (Lipinski definition) is 12. The topological polar surface area (TPSA) is 170 Å². The summed E-state index contributed by atoms with van der Waals surface area (Å²) < 4.78 is 32.6. The van der Waals surface area contributed by atoms with Crippen molar-refractivity contribution in [3.63, 3.8) is 0 Å². The number of nitrogens with two attached hydrogens (primary N) is 1. The van der Waals surface area contributed by atoms with Crippen LogP contribution in [-0.4, -0.2) is 66.3 Å². The quantitative estimate of drug-likeness (QED) is 0.302. The van der Waals surface area contributed by atoms with Gasteiger partial charge in [-0.1, -0.05) is 6.07 Å². The van der Waals surface area contributed by atoms with Gasteiger partial charge >= 0.3 is 23.9 Å². The van der Waals surface area contributed by atoms with E-state index in [1.807, 2.05) is 0 Å². The lowest BCUT2D eigenvalue weighted by molar-refractivity contribution is -0.288. The molecule has 0 spiro atoms. The minimum Gasteiger partial charge on any atom is -0.463 e.